The summed E-state index contributed by atoms with van der Waals surface area (Å²) in [6, 6.07) is 11.4. The van der Waals surface area contributed by atoms with Gasteiger partial charge in [-0.1, -0.05) is 18.2 Å². The molecule has 24 heavy (non-hydrogen) atoms. The van der Waals surface area contributed by atoms with Crippen molar-refractivity contribution in [2.24, 2.45) is 0 Å². The molecule has 6 heteroatoms. The van der Waals surface area contributed by atoms with Crippen LogP contribution in [0.1, 0.15) is 28.8 Å². The summed E-state index contributed by atoms with van der Waals surface area (Å²) >= 11 is 0. The lowest BCUT2D eigenvalue weighted by Crippen LogP contribution is -2.13. The predicted octanol–water partition coefficient (Wildman–Crippen LogP) is 3.20. The van der Waals surface area contributed by atoms with E-state index >= 15 is 0 Å². The quantitative estimate of drug-likeness (QED) is 0.535. The molecule has 3 N–H and O–H groups in total. The molecule has 2 aromatic carbocycles. The van der Waals surface area contributed by atoms with Crippen molar-refractivity contribution in [3.8, 4) is 11.5 Å². The van der Waals surface area contributed by atoms with Crippen LogP contribution >= 0.6 is 0 Å². The number of ether oxygens (including phenoxy) is 1. The maximum Gasteiger partial charge on any atom is 0.335 e. The summed E-state index contributed by atoms with van der Waals surface area (Å²) in [5, 5.41) is 21.1. The molecule has 0 heterocycles. The Kier molecular flexibility index (Phi) is 5.78. The first-order chi connectivity index (χ1) is 11.5. The molecule has 0 aliphatic carbocycles. The Morgan fingerprint density at radius 3 is 2.58 bits per heavy atom. The molecule has 0 aliphatic rings. The number of carbonyl (C=O) groups is 2. The number of anilines is 1. The zero-order chi connectivity index (χ0) is 17.5. The van der Waals surface area contributed by atoms with Crippen LogP contribution < -0.4 is 10.1 Å². The van der Waals surface area contributed by atoms with Crippen LogP contribution in [-0.4, -0.2) is 28.7 Å². The number of aromatic carboxylic acids is 1. The lowest BCUT2D eigenvalue weighted by atomic mass is 10.2. The van der Waals surface area contributed by atoms with Gasteiger partial charge in [-0.25, -0.2) is 4.79 Å². The number of phenolic OH excluding ortho intramolecular Hbond substituents is 1. The maximum absolute atomic E-state index is 11.9. The SMILES string of the molecule is Cc1ccccc1OCCCC(=O)Nc1ccc(C(=O)O)cc1O. The number of carboxylic acids is 1. The van der Waals surface area contributed by atoms with E-state index in [2.05, 4.69) is 5.32 Å². The van der Waals surface area contributed by atoms with Crippen LogP contribution in [0.2, 0.25) is 0 Å². The van der Waals surface area contributed by atoms with E-state index in [1.54, 1.807) is 0 Å². The van der Waals surface area contributed by atoms with Crippen molar-refractivity contribution < 1.29 is 24.5 Å². The van der Waals surface area contributed by atoms with Gasteiger partial charge in [0.15, 0.2) is 0 Å². The minimum Gasteiger partial charge on any atom is -0.506 e. The van der Waals surface area contributed by atoms with Gasteiger partial charge in [0.1, 0.15) is 11.5 Å². The van der Waals surface area contributed by atoms with Gasteiger partial charge >= 0.3 is 5.97 Å². The monoisotopic (exact) mass is 329 g/mol. The Bertz CT molecular complexity index is 742. The van der Waals surface area contributed by atoms with Crippen LogP contribution in [0.3, 0.4) is 0 Å². The molecule has 1 amide bonds. The van der Waals surface area contributed by atoms with Crippen LogP contribution in [0.5, 0.6) is 11.5 Å². The second kappa shape index (κ2) is 8.01. The van der Waals surface area contributed by atoms with Gasteiger partial charge < -0.3 is 20.3 Å². The number of rotatable bonds is 7. The molecular weight excluding hydrogens is 310 g/mol. The standard InChI is InChI=1S/C18H19NO5/c1-12-5-2-3-6-16(12)24-10-4-7-17(21)19-14-9-8-13(18(22)23)11-15(14)20/h2-3,5-6,8-9,11,20H,4,7,10H2,1H3,(H,19,21)(H,22,23). The second-order valence-corrected chi connectivity index (χ2v) is 5.30. The molecule has 6 nitrogen and oxygen atoms in total. The van der Waals surface area contributed by atoms with Gasteiger partial charge in [-0.15, -0.1) is 0 Å². The lowest BCUT2D eigenvalue weighted by Gasteiger charge is -2.10. The van der Waals surface area contributed by atoms with Crippen LogP contribution in [-0.2, 0) is 4.79 Å². The third kappa shape index (κ3) is 4.74. The number of nitrogens with one attached hydrogen (secondary N) is 1. The second-order valence-electron chi connectivity index (χ2n) is 5.30. The first-order valence-corrected chi connectivity index (χ1v) is 7.52. The number of phenols is 1. The molecule has 0 aliphatic heterocycles. The number of carbonyl (C=O) groups excluding carboxylic acids is 1. The molecule has 0 saturated heterocycles. The Hall–Kier alpha value is -3.02. The summed E-state index contributed by atoms with van der Waals surface area (Å²) in [4.78, 5) is 22.7. The van der Waals surface area contributed by atoms with Crippen LogP contribution in [0.15, 0.2) is 42.5 Å². The van der Waals surface area contributed by atoms with Crippen LogP contribution in [0, 0.1) is 6.92 Å². The highest BCUT2D eigenvalue weighted by atomic mass is 16.5. The largest absolute Gasteiger partial charge is 0.506 e. The van der Waals surface area contributed by atoms with E-state index in [-0.39, 0.29) is 29.3 Å². The fourth-order valence-corrected chi connectivity index (χ4v) is 2.12. The van der Waals surface area contributed by atoms with E-state index in [0.717, 1.165) is 17.4 Å². The van der Waals surface area contributed by atoms with E-state index in [0.29, 0.717) is 13.0 Å². The number of aromatic hydroxyl groups is 1. The fourth-order valence-electron chi connectivity index (χ4n) is 2.12. The number of carboxylic acid groups (broad SMARTS) is 1. The molecule has 0 fully saturated rings. The normalized spacial score (nSPS) is 10.2. The molecule has 0 radical (unpaired) electrons. The Labute approximate surface area is 139 Å². The highest BCUT2D eigenvalue weighted by Gasteiger charge is 2.10. The molecule has 2 rings (SSSR count). The number of para-hydroxylation sites is 1. The van der Waals surface area contributed by atoms with E-state index in [9.17, 15) is 14.7 Å². The highest BCUT2D eigenvalue weighted by molar-refractivity contribution is 5.94. The van der Waals surface area contributed by atoms with Crippen molar-refractivity contribution in [1.82, 2.24) is 0 Å². The van der Waals surface area contributed by atoms with Crippen molar-refractivity contribution in [1.29, 1.82) is 0 Å². The van der Waals surface area contributed by atoms with E-state index < -0.39 is 5.97 Å². The van der Waals surface area contributed by atoms with E-state index in [4.69, 9.17) is 9.84 Å². The lowest BCUT2D eigenvalue weighted by molar-refractivity contribution is -0.116. The fraction of sp³-hybridized carbons (Fsp3) is 0.222. The summed E-state index contributed by atoms with van der Waals surface area (Å²) in [5.41, 5.74) is 1.17. The predicted molar refractivity (Wildman–Crippen MR) is 89.6 cm³/mol. The van der Waals surface area contributed by atoms with Crippen molar-refractivity contribution in [3.05, 3.63) is 53.6 Å². The van der Waals surface area contributed by atoms with Crippen molar-refractivity contribution >= 4 is 17.6 Å². The van der Waals surface area contributed by atoms with Gasteiger partial charge in [0, 0.05) is 6.42 Å². The summed E-state index contributed by atoms with van der Waals surface area (Å²) in [7, 11) is 0. The van der Waals surface area contributed by atoms with Crippen molar-refractivity contribution in [2.45, 2.75) is 19.8 Å². The number of hydrogen-bond donors (Lipinski definition) is 3. The summed E-state index contributed by atoms with van der Waals surface area (Å²) in [5.74, 6) is -0.905. The molecule has 0 saturated carbocycles. The summed E-state index contributed by atoms with van der Waals surface area (Å²) < 4.78 is 5.61. The average Bonchev–Trinajstić information content (AvgIpc) is 2.55. The number of amides is 1. The zero-order valence-electron chi connectivity index (χ0n) is 13.3. The molecular formula is C18H19NO5. The number of benzene rings is 2. The van der Waals surface area contributed by atoms with E-state index in [1.807, 2.05) is 31.2 Å². The maximum atomic E-state index is 11.9. The van der Waals surface area contributed by atoms with Gasteiger partial charge in [-0.3, -0.25) is 4.79 Å². The van der Waals surface area contributed by atoms with Gasteiger partial charge in [0.05, 0.1) is 17.9 Å². The topological polar surface area (TPSA) is 95.9 Å². The van der Waals surface area contributed by atoms with Gasteiger partial charge in [0.2, 0.25) is 5.91 Å². The zero-order valence-corrected chi connectivity index (χ0v) is 13.3. The first kappa shape index (κ1) is 17.3. The van der Waals surface area contributed by atoms with Gasteiger partial charge in [-0.05, 0) is 43.2 Å². The van der Waals surface area contributed by atoms with E-state index in [1.165, 1.54) is 12.1 Å². The smallest absolute Gasteiger partial charge is 0.335 e. The molecule has 0 aromatic heterocycles. The number of hydrogen-bond acceptors (Lipinski definition) is 4. The molecule has 0 spiro atoms. The third-order valence-corrected chi connectivity index (χ3v) is 3.42. The Morgan fingerprint density at radius 2 is 1.92 bits per heavy atom. The van der Waals surface area contributed by atoms with Crippen LogP contribution in [0.4, 0.5) is 5.69 Å². The van der Waals surface area contributed by atoms with Gasteiger partial charge in [-0.2, -0.15) is 0 Å². The highest BCUT2D eigenvalue weighted by Crippen LogP contribution is 2.24. The van der Waals surface area contributed by atoms with Crippen LogP contribution in [0.25, 0.3) is 0 Å². The number of aryl methyl sites for hydroxylation is 1. The third-order valence-electron chi connectivity index (χ3n) is 3.42. The Balaban J connectivity index is 1.79. The Morgan fingerprint density at radius 1 is 1.17 bits per heavy atom. The van der Waals surface area contributed by atoms with Crippen molar-refractivity contribution in [2.75, 3.05) is 11.9 Å². The first-order valence-electron chi connectivity index (χ1n) is 7.52. The summed E-state index contributed by atoms with van der Waals surface area (Å²) in [6.07, 6.45) is 0.750. The average molecular weight is 329 g/mol. The molecule has 2 aromatic rings. The van der Waals surface area contributed by atoms with Crippen molar-refractivity contribution in [3.63, 3.8) is 0 Å². The summed E-state index contributed by atoms with van der Waals surface area (Å²) in [6.45, 7) is 2.35. The molecule has 0 atom stereocenters. The molecule has 0 unspecified atom stereocenters. The van der Waals surface area contributed by atoms with Gasteiger partial charge in [0.25, 0.3) is 0 Å². The minimum absolute atomic E-state index is 0.0443. The minimum atomic E-state index is -1.14. The molecule has 0 bridgehead atoms. The molecule has 126 valence electrons.